The van der Waals surface area contributed by atoms with Gasteiger partial charge in [0.15, 0.2) is 0 Å². The Labute approximate surface area is 96.8 Å². The molecule has 0 aromatic heterocycles. The fourth-order valence-corrected chi connectivity index (χ4v) is 3.44. The standard InChI is InChI=1S/C12H22N2O2/c1-9-3-5-10(6-4-9)12(11(15)16)7-2-8-14(12)13/h9-10H,2-8,13H2,1H3,(H,15,16). The molecule has 4 heteroatoms. The Morgan fingerprint density at radius 2 is 2.00 bits per heavy atom. The molecule has 1 aliphatic carbocycles. The summed E-state index contributed by atoms with van der Waals surface area (Å²) in [5, 5.41) is 11.1. The van der Waals surface area contributed by atoms with Gasteiger partial charge in [0.05, 0.1) is 0 Å². The second kappa shape index (κ2) is 4.34. The van der Waals surface area contributed by atoms with Gasteiger partial charge < -0.3 is 5.11 Å². The number of hydrogen-bond donors (Lipinski definition) is 2. The molecule has 2 aliphatic rings. The summed E-state index contributed by atoms with van der Waals surface area (Å²) >= 11 is 0. The minimum absolute atomic E-state index is 0.244. The molecule has 1 heterocycles. The van der Waals surface area contributed by atoms with Gasteiger partial charge in [-0.25, -0.2) is 5.01 Å². The van der Waals surface area contributed by atoms with Crippen LogP contribution in [0.15, 0.2) is 0 Å². The minimum atomic E-state index is -0.764. The second-order valence-electron chi connectivity index (χ2n) is 5.48. The van der Waals surface area contributed by atoms with Crippen LogP contribution in [0.25, 0.3) is 0 Å². The van der Waals surface area contributed by atoms with Crippen molar-refractivity contribution < 1.29 is 9.90 Å². The second-order valence-corrected chi connectivity index (χ2v) is 5.48. The Kier molecular flexibility index (Phi) is 3.22. The van der Waals surface area contributed by atoms with Gasteiger partial charge in [0, 0.05) is 6.54 Å². The third kappa shape index (κ3) is 1.74. The van der Waals surface area contributed by atoms with E-state index in [1.807, 2.05) is 0 Å². The highest BCUT2D eigenvalue weighted by molar-refractivity contribution is 5.79. The Bertz CT molecular complexity index is 274. The zero-order chi connectivity index (χ0) is 11.8. The number of carboxylic acids is 1. The topological polar surface area (TPSA) is 66.6 Å². The lowest BCUT2D eigenvalue weighted by Gasteiger charge is -2.41. The van der Waals surface area contributed by atoms with Crippen LogP contribution < -0.4 is 5.84 Å². The maximum atomic E-state index is 11.6. The van der Waals surface area contributed by atoms with E-state index in [1.165, 1.54) is 0 Å². The lowest BCUT2D eigenvalue weighted by Crippen LogP contribution is -2.59. The average Bonchev–Trinajstić information content (AvgIpc) is 2.62. The molecule has 0 radical (unpaired) electrons. The number of hydrogen-bond acceptors (Lipinski definition) is 3. The smallest absolute Gasteiger partial charge is 0.325 e. The number of rotatable bonds is 2. The van der Waals surface area contributed by atoms with Gasteiger partial charge in [0.1, 0.15) is 5.54 Å². The summed E-state index contributed by atoms with van der Waals surface area (Å²) in [6.45, 7) is 2.97. The number of nitrogens with two attached hydrogens (primary N) is 1. The van der Waals surface area contributed by atoms with Crippen molar-refractivity contribution in [3.05, 3.63) is 0 Å². The monoisotopic (exact) mass is 226 g/mol. The van der Waals surface area contributed by atoms with Crippen LogP contribution in [0.4, 0.5) is 0 Å². The van der Waals surface area contributed by atoms with Crippen molar-refractivity contribution in [1.82, 2.24) is 5.01 Å². The molecular weight excluding hydrogens is 204 g/mol. The van der Waals surface area contributed by atoms with Crippen molar-refractivity contribution in [2.75, 3.05) is 6.54 Å². The summed E-state index contributed by atoms with van der Waals surface area (Å²) in [4.78, 5) is 11.6. The largest absolute Gasteiger partial charge is 0.480 e. The van der Waals surface area contributed by atoms with Gasteiger partial charge in [-0.05, 0) is 37.5 Å². The highest BCUT2D eigenvalue weighted by Crippen LogP contribution is 2.43. The number of aliphatic carboxylic acids is 1. The Balaban J connectivity index is 2.17. The van der Waals surface area contributed by atoms with Gasteiger partial charge in [-0.2, -0.15) is 0 Å². The van der Waals surface area contributed by atoms with Crippen molar-refractivity contribution in [2.45, 2.75) is 51.0 Å². The van der Waals surface area contributed by atoms with E-state index < -0.39 is 11.5 Å². The first kappa shape index (κ1) is 11.9. The third-order valence-corrected chi connectivity index (χ3v) is 4.53. The molecule has 0 aromatic carbocycles. The van der Waals surface area contributed by atoms with Crippen LogP contribution in [0.5, 0.6) is 0 Å². The molecule has 1 atom stereocenters. The van der Waals surface area contributed by atoms with E-state index in [0.717, 1.165) is 51.0 Å². The van der Waals surface area contributed by atoms with Crippen LogP contribution in [-0.2, 0) is 4.79 Å². The predicted molar refractivity (Wildman–Crippen MR) is 61.6 cm³/mol. The van der Waals surface area contributed by atoms with E-state index in [1.54, 1.807) is 5.01 Å². The highest BCUT2D eigenvalue weighted by Gasteiger charge is 2.52. The predicted octanol–water partition coefficient (Wildman–Crippen LogP) is 1.61. The molecule has 0 bridgehead atoms. The van der Waals surface area contributed by atoms with Gasteiger partial charge >= 0.3 is 5.97 Å². The molecule has 1 unspecified atom stereocenters. The molecule has 1 saturated heterocycles. The van der Waals surface area contributed by atoms with Crippen molar-refractivity contribution in [3.63, 3.8) is 0 Å². The number of carbonyl (C=O) groups is 1. The fraction of sp³-hybridized carbons (Fsp3) is 0.917. The normalized spacial score (nSPS) is 41.1. The van der Waals surface area contributed by atoms with E-state index in [4.69, 9.17) is 5.84 Å². The van der Waals surface area contributed by atoms with Crippen molar-refractivity contribution in [1.29, 1.82) is 0 Å². The summed E-state index contributed by atoms with van der Waals surface area (Å²) in [5.74, 6) is 6.21. The summed E-state index contributed by atoms with van der Waals surface area (Å²) in [6, 6.07) is 0. The fourth-order valence-electron chi connectivity index (χ4n) is 3.44. The maximum absolute atomic E-state index is 11.6. The number of hydrazine groups is 1. The van der Waals surface area contributed by atoms with Crippen molar-refractivity contribution in [2.24, 2.45) is 17.7 Å². The quantitative estimate of drug-likeness (QED) is 0.702. The maximum Gasteiger partial charge on any atom is 0.325 e. The van der Waals surface area contributed by atoms with Gasteiger partial charge in [-0.15, -0.1) is 0 Å². The molecule has 1 saturated carbocycles. The van der Waals surface area contributed by atoms with Crippen LogP contribution in [0.3, 0.4) is 0 Å². The first-order chi connectivity index (χ1) is 7.57. The number of nitrogens with zero attached hydrogens (tertiary/aromatic N) is 1. The summed E-state index contributed by atoms with van der Waals surface area (Å²) < 4.78 is 0. The van der Waals surface area contributed by atoms with Crippen LogP contribution in [-0.4, -0.2) is 28.2 Å². The third-order valence-electron chi connectivity index (χ3n) is 4.53. The summed E-state index contributed by atoms with van der Waals surface area (Å²) in [7, 11) is 0. The molecule has 2 rings (SSSR count). The van der Waals surface area contributed by atoms with E-state index in [0.29, 0.717) is 0 Å². The van der Waals surface area contributed by atoms with Gasteiger partial charge in [0.2, 0.25) is 0 Å². The van der Waals surface area contributed by atoms with Crippen LogP contribution >= 0.6 is 0 Å². The lowest BCUT2D eigenvalue weighted by molar-refractivity contribution is -0.155. The molecule has 0 amide bonds. The Morgan fingerprint density at radius 3 is 2.44 bits per heavy atom. The number of carboxylic acid groups (broad SMARTS) is 1. The SMILES string of the molecule is CC1CCC(C2(C(=O)O)CCCN2N)CC1. The summed E-state index contributed by atoms with van der Waals surface area (Å²) in [6.07, 6.45) is 5.95. The van der Waals surface area contributed by atoms with E-state index in [-0.39, 0.29) is 5.92 Å². The van der Waals surface area contributed by atoms with Gasteiger partial charge in [-0.1, -0.05) is 19.8 Å². The Hall–Kier alpha value is -0.610. The summed E-state index contributed by atoms with van der Waals surface area (Å²) in [5.41, 5.74) is -0.764. The van der Waals surface area contributed by atoms with E-state index >= 15 is 0 Å². The molecule has 2 fully saturated rings. The van der Waals surface area contributed by atoms with Crippen LogP contribution in [0.1, 0.15) is 45.4 Å². The van der Waals surface area contributed by atoms with E-state index in [9.17, 15) is 9.90 Å². The molecule has 16 heavy (non-hydrogen) atoms. The molecule has 0 aromatic rings. The first-order valence-corrected chi connectivity index (χ1v) is 6.33. The first-order valence-electron chi connectivity index (χ1n) is 6.33. The molecule has 0 spiro atoms. The zero-order valence-electron chi connectivity index (χ0n) is 9.98. The lowest BCUT2D eigenvalue weighted by atomic mass is 9.71. The molecule has 3 N–H and O–H groups in total. The molecule has 4 nitrogen and oxygen atoms in total. The van der Waals surface area contributed by atoms with Gasteiger partial charge in [0.25, 0.3) is 0 Å². The van der Waals surface area contributed by atoms with Crippen LogP contribution in [0.2, 0.25) is 0 Å². The Morgan fingerprint density at radius 1 is 1.38 bits per heavy atom. The molecule has 92 valence electrons. The molecular formula is C12H22N2O2. The van der Waals surface area contributed by atoms with E-state index in [2.05, 4.69) is 6.92 Å². The highest BCUT2D eigenvalue weighted by atomic mass is 16.4. The molecule has 1 aliphatic heterocycles. The average molecular weight is 226 g/mol. The van der Waals surface area contributed by atoms with Crippen molar-refractivity contribution in [3.8, 4) is 0 Å². The van der Waals surface area contributed by atoms with Gasteiger partial charge in [-0.3, -0.25) is 10.6 Å². The van der Waals surface area contributed by atoms with Crippen molar-refractivity contribution >= 4 is 5.97 Å². The zero-order valence-corrected chi connectivity index (χ0v) is 9.98. The van der Waals surface area contributed by atoms with Crippen LogP contribution in [0, 0.1) is 11.8 Å². The minimum Gasteiger partial charge on any atom is -0.480 e.